The molecule has 0 saturated carbocycles. The van der Waals surface area contributed by atoms with Crippen LogP contribution in [0.15, 0.2) is 18.7 Å². The molecule has 2 heterocycles. The predicted molar refractivity (Wildman–Crippen MR) is 71.5 cm³/mol. The number of aromatic nitrogens is 5. The molecule has 0 aromatic carbocycles. The summed E-state index contributed by atoms with van der Waals surface area (Å²) in [6.07, 6.45) is 4.96. The topological polar surface area (TPSA) is 77.8 Å². The molecule has 2 aromatic rings. The van der Waals surface area contributed by atoms with Crippen molar-refractivity contribution in [2.45, 2.75) is 19.4 Å². The molecule has 0 aliphatic rings. The van der Waals surface area contributed by atoms with Crippen molar-refractivity contribution in [3.05, 3.63) is 24.0 Å². The van der Waals surface area contributed by atoms with Crippen molar-refractivity contribution in [3.63, 3.8) is 0 Å². The van der Waals surface area contributed by atoms with E-state index in [1.165, 1.54) is 0 Å². The van der Waals surface area contributed by atoms with Crippen LogP contribution in [0.5, 0.6) is 0 Å². The molecule has 0 atom stereocenters. The van der Waals surface area contributed by atoms with Crippen LogP contribution >= 0.6 is 11.6 Å². The van der Waals surface area contributed by atoms with E-state index in [-0.39, 0.29) is 10.8 Å². The zero-order chi connectivity index (χ0) is 13.9. The van der Waals surface area contributed by atoms with Crippen LogP contribution < -0.4 is 5.32 Å². The first-order valence-corrected chi connectivity index (χ1v) is 6.05. The Labute approximate surface area is 116 Å². The van der Waals surface area contributed by atoms with Gasteiger partial charge in [-0.15, -0.1) is 0 Å². The first-order chi connectivity index (χ1) is 9.00. The summed E-state index contributed by atoms with van der Waals surface area (Å²) in [6.45, 7) is 4.47. The fourth-order valence-corrected chi connectivity index (χ4v) is 1.74. The molecule has 0 amide bonds. The molecule has 0 radical (unpaired) electrons. The molecule has 7 nitrogen and oxygen atoms in total. The maximum absolute atomic E-state index is 5.91. The molecule has 2 aromatic heterocycles. The molecule has 1 N–H and O–H groups in total. The van der Waals surface area contributed by atoms with Crippen LogP contribution in [0.1, 0.15) is 13.8 Å². The van der Waals surface area contributed by atoms with Gasteiger partial charge in [-0.3, -0.25) is 4.57 Å². The zero-order valence-electron chi connectivity index (χ0n) is 11.0. The second kappa shape index (κ2) is 5.50. The Kier molecular flexibility index (Phi) is 3.96. The zero-order valence-corrected chi connectivity index (χ0v) is 11.7. The molecule has 19 heavy (non-hydrogen) atoms. The lowest BCUT2D eigenvalue weighted by molar-refractivity contribution is 0.157. The Hall–Kier alpha value is -1.73. The van der Waals surface area contributed by atoms with Gasteiger partial charge < -0.3 is 10.1 Å². The van der Waals surface area contributed by atoms with E-state index in [1.807, 2.05) is 13.8 Å². The van der Waals surface area contributed by atoms with Gasteiger partial charge in [0.15, 0.2) is 0 Å². The van der Waals surface area contributed by atoms with Crippen LogP contribution in [-0.4, -0.2) is 43.8 Å². The van der Waals surface area contributed by atoms with Gasteiger partial charge in [-0.05, 0) is 25.4 Å². The Bertz CT molecular complexity index is 542. The Morgan fingerprint density at radius 2 is 2.16 bits per heavy atom. The highest BCUT2D eigenvalue weighted by Crippen LogP contribution is 2.14. The summed E-state index contributed by atoms with van der Waals surface area (Å²) in [5.41, 5.74) is -0.314. The van der Waals surface area contributed by atoms with Crippen molar-refractivity contribution in [1.29, 1.82) is 0 Å². The standard InChI is InChI=1S/C11H15ClN6O/c1-11(2,6-19-3)17-9-14-8(12)15-10(16-9)18-5-4-13-7-18/h4-5,7H,6H2,1-3H3,(H,14,15,16,17). The van der Waals surface area contributed by atoms with Crippen LogP contribution in [0.3, 0.4) is 0 Å². The SMILES string of the molecule is COCC(C)(C)Nc1nc(Cl)nc(-n2ccnc2)n1. The summed E-state index contributed by atoms with van der Waals surface area (Å²) >= 11 is 5.91. The fraction of sp³-hybridized carbons (Fsp3) is 0.455. The van der Waals surface area contributed by atoms with Crippen LogP contribution in [0, 0.1) is 0 Å². The number of rotatable bonds is 5. The van der Waals surface area contributed by atoms with Gasteiger partial charge in [-0.1, -0.05) is 0 Å². The van der Waals surface area contributed by atoms with Gasteiger partial charge in [0.1, 0.15) is 6.33 Å². The number of imidazole rings is 1. The lowest BCUT2D eigenvalue weighted by Crippen LogP contribution is -2.36. The Balaban J connectivity index is 2.27. The van der Waals surface area contributed by atoms with E-state index in [1.54, 1.807) is 30.4 Å². The second-order valence-corrected chi connectivity index (χ2v) is 4.98. The quantitative estimate of drug-likeness (QED) is 0.896. The normalized spacial score (nSPS) is 11.6. The summed E-state index contributed by atoms with van der Waals surface area (Å²) in [5, 5.41) is 3.28. The van der Waals surface area contributed by atoms with Gasteiger partial charge in [0.2, 0.25) is 17.2 Å². The van der Waals surface area contributed by atoms with Gasteiger partial charge in [0.25, 0.3) is 0 Å². The smallest absolute Gasteiger partial charge is 0.241 e. The molecule has 0 saturated heterocycles. The third-order valence-electron chi connectivity index (χ3n) is 2.29. The van der Waals surface area contributed by atoms with Gasteiger partial charge in [-0.25, -0.2) is 4.98 Å². The molecule has 0 spiro atoms. The average molecular weight is 283 g/mol. The van der Waals surface area contributed by atoms with E-state index in [2.05, 4.69) is 25.3 Å². The molecule has 8 heteroatoms. The number of halogens is 1. The number of anilines is 1. The van der Waals surface area contributed by atoms with Crippen LogP contribution in [0.25, 0.3) is 5.95 Å². The largest absolute Gasteiger partial charge is 0.382 e. The third kappa shape index (κ3) is 3.62. The number of hydrogen-bond donors (Lipinski definition) is 1. The lowest BCUT2D eigenvalue weighted by atomic mass is 10.1. The van der Waals surface area contributed by atoms with E-state index >= 15 is 0 Å². The minimum Gasteiger partial charge on any atom is -0.382 e. The Morgan fingerprint density at radius 3 is 2.79 bits per heavy atom. The summed E-state index contributed by atoms with van der Waals surface area (Å²) in [6, 6.07) is 0. The second-order valence-electron chi connectivity index (χ2n) is 4.64. The van der Waals surface area contributed by atoms with Gasteiger partial charge >= 0.3 is 0 Å². The van der Waals surface area contributed by atoms with Gasteiger partial charge in [0, 0.05) is 19.5 Å². The Morgan fingerprint density at radius 1 is 1.37 bits per heavy atom. The van der Waals surface area contributed by atoms with E-state index in [9.17, 15) is 0 Å². The number of nitrogens with one attached hydrogen (secondary N) is 1. The van der Waals surface area contributed by atoms with Crippen LogP contribution in [0.4, 0.5) is 5.95 Å². The van der Waals surface area contributed by atoms with Crippen molar-refractivity contribution >= 4 is 17.5 Å². The average Bonchev–Trinajstić information content (AvgIpc) is 2.80. The highest BCUT2D eigenvalue weighted by Gasteiger charge is 2.19. The molecule has 102 valence electrons. The highest BCUT2D eigenvalue weighted by atomic mass is 35.5. The molecular formula is C11H15ClN6O. The first kappa shape index (κ1) is 13.7. The molecule has 0 aliphatic heterocycles. The first-order valence-electron chi connectivity index (χ1n) is 5.67. The van der Waals surface area contributed by atoms with Gasteiger partial charge in [-0.2, -0.15) is 15.0 Å². The third-order valence-corrected chi connectivity index (χ3v) is 2.46. The van der Waals surface area contributed by atoms with E-state index in [4.69, 9.17) is 16.3 Å². The number of hydrogen-bond acceptors (Lipinski definition) is 6. The van der Waals surface area contributed by atoms with E-state index in [0.717, 1.165) is 0 Å². The van der Waals surface area contributed by atoms with E-state index in [0.29, 0.717) is 18.5 Å². The fourth-order valence-electron chi connectivity index (χ4n) is 1.59. The molecule has 0 aliphatic carbocycles. The van der Waals surface area contributed by atoms with Crippen molar-refractivity contribution in [3.8, 4) is 5.95 Å². The molecule has 2 rings (SSSR count). The van der Waals surface area contributed by atoms with Crippen LogP contribution in [0.2, 0.25) is 5.28 Å². The molecular weight excluding hydrogens is 268 g/mol. The van der Waals surface area contributed by atoms with Crippen LogP contribution in [-0.2, 0) is 4.74 Å². The van der Waals surface area contributed by atoms with Crippen molar-refractivity contribution in [2.75, 3.05) is 19.0 Å². The highest BCUT2D eigenvalue weighted by molar-refractivity contribution is 6.28. The van der Waals surface area contributed by atoms with Crippen molar-refractivity contribution in [2.24, 2.45) is 0 Å². The molecule has 0 unspecified atom stereocenters. The predicted octanol–water partition coefficient (Wildman–Crippen LogP) is 1.55. The summed E-state index contributed by atoms with van der Waals surface area (Å²) in [7, 11) is 1.64. The summed E-state index contributed by atoms with van der Waals surface area (Å²) in [5.74, 6) is 0.805. The van der Waals surface area contributed by atoms with Gasteiger partial charge in [0.05, 0.1) is 12.1 Å². The maximum atomic E-state index is 5.91. The minimum atomic E-state index is -0.314. The number of nitrogens with zero attached hydrogens (tertiary/aromatic N) is 5. The summed E-state index contributed by atoms with van der Waals surface area (Å²) < 4.78 is 6.78. The van der Waals surface area contributed by atoms with Crippen molar-refractivity contribution in [1.82, 2.24) is 24.5 Å². The minimum absolute atomic E-state index is 0.120. The molecule has 0 fully saturated rings. The number of ether oxygens (including phenoxy) is 1. The summed E-state index contributed by atoms with van der Waals surface area (Å²) in [4.78, 5) is 16.3. The molecule has 0 bridgehead atoms. The monoisotopic (exact) mass is 282 g/mol. The van der Waals surface area contributed by atoms with E-state index < -0.39 is 0 Å². The lowest BCUT2D eigenvalue weighted by Gasteiger charge is -2.25. The maximum Gasteiger partial charge on any atom is 0.241 e. The number of methoxy groups -OCH3 is 1. The van der Waals surface area contributed by atoms with Crippen molar-refractivity contribution < 1.29 is 4.74 Å².